The fourth-order valence-corrected chi connectivity index (χ4v) is 2.68. The molecule has 4 heteroatoms. The minimum absolute atomic E-state index is 0.349. The van der Waals surface area contributed by atoms with Gasteiger partial charge in [-0.15, -0.1) is 0 Å². The van der Waals surface area contributed by atoms with Gasteiger partial charge in [-0.1, -0.05) is 12.8 Å². The molecule has 0 aliphatic heterocycles. The molecule has 1 saturated carbocycles. The molecular formula is C15H22FNO2. The molecular weight excluding hydrogens is 245 g/mol. The highest BCUT2D eigenvalue weighted by molar-refractivity contribution is 5.35. The van der Waals surface area contributed by atoms with Crippen LogP contribution in [0.2, 0.25) is 0 Å². The van der Waals surface area contributed by atoms with E-state index < -0.39 is 6.10 Å². The van der Waals surface area contributed by atoms with Gasteiger partial charge in [0.15, 0.2) is 0 Å². The molecule has 19 heavy (non-hydrogen) atoms. The lowest BCUT2D eigenvalue weighted by molar-refractivity contribution is 0.161. The van der Waals surface area contributed by atoms with Gasteiger partial charge in [0.1, 0.15) is 11.6 Å². The Balaban J connectivity index is 1.87. The number of aliphatic hydroxyl groups excluding tert-OH is 1. The van der Waals surface area contributed by atoms with Crippen molar-refractivity contribution in [1.29, 1.82) is 0 Å². The van der Waals surface area contributed by atoms with Crippen LogP contribution >= 0.6 is 0 Å². The van der Waals surface area contributed by atoms with Gasteiger partial charge in [0.2, 0.25) is 0 Å². The van der Waals surface area contributed by atoms with Crippen LogP contribution in [0.15, 0.2) is 18.2 Å². The third-order valence-corrected chi connectivity index (χ3v) is 3.76. The van der Waals surface area contributed by atoms with Crippen LogP contribution in [0.25, 0.3) is 0 Å². The van der Waals surface area contributed by atoms with E-state index in [2.05, 4.69) is 5.32 Å². The maximum Gasteiger partial charge on any atom is 0.124 e. The van der Waals surface area contributed by atoms with Crippen molar-refractivity contribution in [3.8, 4) is 5.75 Å². The molecule has 0 radical (unpaired) electrons. The molecule has 2 N–H and O–H groups in total. The molecule has 1 unspecified atom stereocenters. The molecule has 1 atom stereocenters. The SMILES string of the molecule is COc1ccc(F)cc1C(O)CCNC1CCCC1. The van der Waals surface area contributed by atoms with E-state index in [-0.39, 0.29) is 5.82 Å². The van der Waals surface area contributed by atoms with Crippen molar-refractivity contribution >= 4 is 0 Å². The van der Waals surface area contributed by atoms with Gasteiger partial charge in [0.25, 0.3) is 0 Å². The van der Waals surface area contributed by atoms with E-state index in [0.29, 0.717) is 23.8 Å². The summed E-state index contributed by atoms with van der Waals surface area (Å²) in [6, 6.07) is 4.82. The molecule has 2 rings (SSSR count). The monoisotopic (exact) mass is 267 g/mol. The van der Waals surface area contributed by atoms with Crippen LogP contribution in [-0.2, 0) is 0 Å². The number of benzene rings is 1. The van der Waals surface area contributed by atoms with Crippen LogP contribution < -0.4 is 10.1 Å². The number of aliphatic hydroxyl groups is 1. The minimum atomic E-state index is -0.695. The molecule has 0 saturated heterocycles. The first kappa shape index (κ1) is 14.3. The summed E-state index contributed by atoms with van der Waals surface area (Å²) in [5.41, 5.74) is 0.524. The Kier molecular flexibility index (Phi) is 5.16. The van der Waals surface area contributed by atoms with E-state index >= 15 is 0 Å². The number of rotatable bonds is 6. The number of nitrogens with one attached hydrogen (secondary N) is 1. The first-order valence-electron chi connectivity index (χ1n) is 6.95. The fourth-order valence-electron chi connectivity index (χ4n) is 2.68. The second kappa shape index (κ2) is 6.87. The number of methoxy groups -OCH3 is 1. The largest absolute Gasteiger partial charge is 0.496 e. The molecule has 0 spiro atoms. The summed E-state index contributed by atoms with van der Waals surface area (Å²) in [6.45, 7) is 0.742. The summed E-state index contributed by atoms with van der Waals surface area (Å²) in [7, 11) is 1.53. The van der Waals surface area contributed by atoms with Crippen molar-refractivity contribution in [3.05, 3.63) is 29.6 Å². The van der Waals surface area contributed by atoms with E-state index in [0.717, 1.165) is 6.54 Å². The first-order valence-corrected chi connectivity index (χ1v) is 6.95. The standard InChI is InChI=1S/C15H22FNO2/c1-19-15-7-6-11(16)10-13(15)14(18)8-9-17-12-4-2-3-5-12/h6-7,10,12,14,17-18H,2-5,8-9H2,1H3. The molecule has 106 valence electrons. The van der Waals surface area contributed by atoms with Gasteiger partial charge < -0.3 is 15.2 Å². The predicted molar refractivity (Wildman–Crippen MR) is 72.8 cm³/mol. The van der Waals surface area contributed by atoms with Gasteiger partial charge in [0.05, 0.1) is 13.2 Å². The highest BCUT2D eigenvalue weighted by Gasteiger charge is 2.17. The Morgan fingerprint density at radius 2 is 2.16 bits per heavy atom. The van der Waals surface area contributed by atoms with Gasteiger partial charge in [-0.3, -0.25) is 0 Å². The fraction of sp³-hybridized carbons (Fsp3) is 0.600. The summed E-state index contributed by atoms with van der Waals surface area (Å²) < 4.78 is 18.4. The molecule has 1 aliphatic carbocycles. The summed E-state index contributed by atoms with van der Waals surface area (Å²) in [5.74, 6) is 0.188. The number of hydrogen-bond acceptors (Lipinski definition) is 3. The molecule has 0 amide bonds. The Labute approximate surface area is 113 Å². The summed E-state index contributed by atoms with van der Waals surface area (Å²) in [4.78, 5) is 0. The first-order chi connectivity index (χ1) is 9.20. The zero-order valence-corrected chi connectivity index (χ0v) is 11.4. The van der Waals surface area contributed by atoms with Crippen molar-refractivity contribution < 1.29 is 14.2 Å². The maximum atomic E-state index is 13.2. The summed E-state index contributed by atoms with van der Waals surface area (Å²) in [6.07, 6.45) is 4.89. The molecule has 1 aromatic carbocycles. The lowest BCUT2D eigenvalue weighted by Crippen LogP contribution is -2.27. The number of ether oxygens (including phenoxy) is 1. The second-order valence-electron chi connectivity index (χ2n) is 5.13. The summed E-state index contributed by atoms with van der Waals surface area (Å²) >= 11 is 0. The van der Waals surface area contributed by atoms with Crippen LogP contribution in [0, 0.1) is 5.82 Å². The van der Waals surface area contributed by atoms with E-state index in [1.54, 1.807) is 6.07 Å². The topological polar surface area (TPSA) is 41.5 Å². The number of halogens is 1. The van der Waals surface area contributed by atoms with Crippen molar-refractivity contribution in [2.75, 3.05) is 13.7 Å². The van der Waals surface area contributed by atoms with Gasteiger partial charge in [0, 0.05) is 11.6 Å². The zero-order valence-electron chi connectivity index (χ0n) is 11.4. The molecule has 0 aromatic heterocycles. The third kappa shape index (κ3) is 3.91. The molecule has 0 heterocycles. The Hall–Kier alpha value is -1.13. The Bertz CT molecular complexity index is 405. The predicted octanol–water partition coefficient (Wildman–Crippen LogP) is 2.79. The van der Waals surface area contributed by atoms with E-state index in [4.69, 9.17) is 4.74 Å². The zero-order chi connectivity index (χ0) is 13.7. The molecule has 1 fully saturated rings. The van der Waals surface area contributed by atoms with E-state index in [9.17, 15) is 9.50 Å². The normalized spacial score (nSPS) is 17.6. The molecule has 1 aromatic rings. The van der Waals surface area contributed by atoms with E-state index in [1.807, 2.05) is 0 Å². The van der Waals surface area contributed by atoms with Gasteiger partial charge in [-0.25, -0.2) is 4.39 Å². The highest BCUT2D eigenvalue weighted by Crippen LogP contribution is 2.28. The van der Waals surface area contributed by atoms with Crippen LogP contribution in [0.1, 0.15) is 43.8 Å². The Morgan fingerprint density at radius 1 is 1.42 bits per heavy atom. The van der Waals surface area contributed by atoms with Crippen LogP contribution in [0.5, 0.6) is 5.75 Å². The summed E-state index contributed by atoms with van der Waals surface area (Å²) in [5, 5.41) is 13.6. The van der Waals surface area contributed by atoms with Crippen molar-refractivity contribution in [2.45, 2.75) is 44.2 Å². The second-order valence-corrected chi connectivity index (χ2v) is 5.13. The third-order valence-electron chi connectivity index (χ3n) is 3.76. The quantitative estimate of drug-likeness (QED) is 0.832. The molecule has 1 aliphatic rings. The van der Waals surface area contributed by atoms with Gasteiger partial charge in [-0.05, 0) is 44.0 Å². The molecule has 3 nitrogen and oxygen atoms in total. The van der Waals surface area contributed by atoms with Crippen molar-refractivity contribution in [1.82, 2.24) is 5.32 Å². The van der Waals surface area contributed by atoms with Crippen LogP contribution in [-0.4, -0.2) is 24.8 Å². The van der Waals surface area contributed by atoms with Crippen molar-refractivity contribution in [3.63, 3.8) is 0 Å². The number of hydrogen-bond donors (Lipinski definition) is 2. The average molecular weight is 267 g/mol. The van der Waals surface area contributed by atoms with Crippen molar-refractivity contribution in [2.24, 2.45) is 0 Å². The maximum absolute atomic E-state index is 13.2. The van der Waals surface area contributed by atoms with Gasteiger partial charge >= 0.3 is 0 Å². The van der Waals surface area contributed by atoms with E-state index in [1.165, 1.54) is 44.9 Å². The van der Waals surface area contributed by atoms with Gasteiger partial charge in [-0.2, -0.15) is 0 Å². The smallest absolute Gasteiger partial charge is 0.124 e. The van der Waals surface area contributed by atoms with Crippen LogP contribution in [0.3, 0.4) is 0 Å². The Morgan fingerprint density at radius 3 is 2.84 bits per heavy atom. The lowest BCUT2D eigenvalue weighted by Gasteiger charge is -2.17. The average Bonchev–Trinajstić information content (AvgIpc) is 2.91. The van der Waals surface area contributed by atoms with Crippen LogP contribution in [0.4, 0.5) is 4.39 Å². The minimum Gasteiger partial charge on any atom is -0.496 e. The lowest BCUT2D eigenvalue weighted by atomic mass is 10.0. The highest BCUT2D eigenvalue weighted by atomic mass is 19.1. The molecule has 0 bridgehead atoms.